The van der Waals surface area contributed by atoms with Gasteiger partial charge in [0.25, 0.3) is 11.8 Å². The highest BCUT2D eigenvalue weighted by atomic mass is 16.7. The Morgan fingerprint density at radius 1 is 0.885 bits per heavy atom. The molecule has 2 aliphatic heterocycles. The molecule has 2 rings (SSSR count). The minimum absolute atomic E-state index is 0.0234. The van der Waals surface area contributed by atoms with Crippen LogP contribution in [0, 0.1) is 0 Å². The van der Waals surface area contributed by atoms with E-state index in [1.807, 2.05) is 0 Å². The van der Waals surface area contributed by atoms with Crippen LogP contribution in [0.2, 0.25) is 0 Å². The maximum atomic E-state index is 11.7. The number of imide groups is 1. The van der Waals surface area contributed by atoms with Crippen LogP contribution in [-0.4, -0.2) is 72.3 Å². The molecule has 4 amide bonds. The van der Waals surface area contributed by atoms with Gasteiger partial charge in [-0.3, -0.25) is 24.1 Å². The van der Waals surface area contributed by atoms with E-state index in [0.29, 0.717) is 11.6 Å². The zero-order valence-corrected chi connectivity index (χ0v) is 14.6. The first-order valence-electron chi connectivity index (χ1n) is 8.78. The van der Waals surface area contributed by atoms with Crippen LogP contribution >= 0.6 is 0 Å². The molecular weight excluding hydrogens is 344 g/mol. The van der Waals surface area contributed by atoms with Crippen molar-refractivity contribution in [2.24, 2.45) is 0 Å². The van der Waals surface area contributed by atoms with Crippen LogP contribution in [-0.2, 0) is 28.8 Å². The van der Waals surface area contributed by atoms with Crippen molar-refractivity contribution in [1.82, 2.24) is 20.6 Å². The third-order valence-electron chi connectivity index (χ3n) is 4.09. The van der Waals surface area contributed by atoms with Crippen molar-refractivity contribution in [3.63, 3.8) is 0 Å². The summed E-state index contributed by atoms with van der Waals surface area (Å²) in [6.07, 6.45) is 2.23. The molecule has 2 fully saturated rings. The Morgan fingerprint density at radius 3 is 2.12 bits per heavy atom. The van der Waals surface area contributed by atoms with Gasteiger partial charge in [0.1, 0.15) is 0 Å². The maximum absolute atomic E-state index is 11.7. The number of carbonyl (C=O) groups is 5. The maximum Gasteiger partial charge on any atom is 0.334 e. The van der Waals surface area contributed by atoms with Crippen molar-refractivity contribution in [2.45, 2.75) is 38.5 Å². The zero-order chi connectivity index (χ0) is 18.9. The van der Waals surface area contributed by atoms with Gasteiger partial charge < -0.3 is 15.5 Å². The molecule has 10 heteroatoms. The molecule has 2 N–H and O–H groups in total. The van der Waals surface area contributed by atoms with E-state index in [1.165, 1.54) is 0 Å². The van der Waals surface area contributed by atoms with Crippen molar-refractivity contribution in [3.8, 4) is 0 Å². The normalized spacial score (nSPS) is 17.5. The van der Waals surface area contributed by atoms with E-state index in [2.05, 4.69) is 20.4 Å². The number of carbonyl (C=O) groups excluding carboxylic acids is 5. The van der Waals surface area contributed by atoms with Crippen LogP contribution < -0.4 is 10.6 Å². The fourth-order valence-corrected chi connectivity index (χ4v) is 2.71. The number of rotatable bonds is 9. The summed E-state index contributed by atoms with van der Waals surface area (Å²) in [7, 11) is 0. The summed E-state index contributed by atoms with van der Waals surface area (Å²) in [5.41, 5.74) is 0. The molecule has 0 aliphatic carbocycles. The molecule has 0 bridgehead atoms. The third-order valence-corrected chi connectivity index (χ3v) is 4.09. The first kappa shape index (κ1) is 19.8. The molecular formula is C16H24N4O6. The van der Waals surface area contributed by atoms with Gasteiger partial charge in [0.05, 0.1) is 13.0 Å². The van der Waals surface area contributed by atoms with E-state index < -0.39 is 17.8 Å². The largest absolute Gasteiger partial charge is 0.355 e. The first-order valence-corrected chi connectivity index (χ1v) is 8.78. The smallest absolute Gasteiger partial charge is 0.334 e. The zero-order valence-electron chi connectivity index (χ0n) is 14.6. The fraction of sp³-hybridized carbons (Fsp3) is 0.688. The van der Waals surface area contributed by atoms with Gasteiger partial charge in [-0.05, 0) is 25.9 Å². The summed E-state index contributed by atoms with van der Waals surface area (Å²) < 4.78 is 0. The quantitative estimate of drug-likeness (QED) is 0.485. The summed E-state index contributed by atoms with van der Waals surface area (Å²) in [6, 6.07) is 0. The highest BCUT2D eigenvalue weighted by molar-refractivity contribution is 6.01. The second-order valence-corrected chi connectivity index (χ2v) is 6.23. The number of nitrogens with zero attached hydrogens (tertiary/aromatic N) is 2. The van der Waals surface area contributed by atoms with Crippen molar-refractivity contribution in [3.05, 3.63) is 0 Å². The van der Waals surface area contributed by atoms with Crippen molar-refractivity contribution in [1.29, 1.82) is 0 Å². The molecule has 2 heterocycles. The molecule has 2 saturated heterocycles. The molecule has 0 unspecified atom stereocenters. The Hall–Kier alpha value is -2.49. The molecule has 0 aromatic carbocycles. The summed E-state index contributed by atoms with van der Waals surface area (Å²) in [4.78, 5) is 64.3. The van der Waals surface area contributed by atoms with E-state index in [4.69, 9.17) is 0 Å². The van der Waals surface area contributed by atoms with Gasteiger partial charge in [-0.25, -0.2) is 4.79 Å². The summed E-state index contributed by atoms with van der Waals surface area (Å²) in [5, 5.41) is 5.67. The molecule has 0 aromatic heterocycles. The predicted molar refractivity (Wildman–Crippen MR) is 88.1 cm³/mol. The number of hydrogen-bond donors (Lipinski definition) is 2. The third kappa shape index (κ3) is 6.43. The predicted octanol–water partition coefficient (Wildman–Crippen LogP) is -1.30. The molecule has 0 radical (unpaired) electrons. The van der Waals surface area contributed by atoms with Gasteiger partial charge >= 0.3 is 5.97 Å². The van der Waals surface area contributed by atoms with E-state index in [-0.39, 0.29) is 50.6 Å². The Kier molecular flexibility index (Phi) is 7.52. The lowest BCUT2D eigenvalue weighted by molar-refractivity contribution is -0.197. The fourth-order valence-electron chi connectivity index (χ4n) is 2.71. The van der Waals surface area contributed by atoms with Gasteiger partial charge in [0, 0.05) is 32.4 Å². The van der Waals surface area contributed by atoms with Gasteiger partial charge in [0.2, 0.25) is 11.8 Å². The molecule has 0 spiro atoms. The lowest BCUT2D eigenvalue weighted by Crippen LogP contribution is -2.38. The Bertz CT molecular complexity index is 557. The SMILES string of the molecule is O=C(CCNC(=O)CN1CCCC1)NCCC(=O)ON1C(=O)CCC1=O. The summed E-state index contributed by atoms with van der Waals surface area (Å²) >= 11 is 0. The summed E-state index contributed by atoms with van der Waals surface area (Å²) in [5.74, 6) is -2.28. The number of amides is 4. The van der Waals surface area contributed by atoms with Crippen LogP contribution in [0.5, 0.6) is 0 Å². The number of likely N-dealkylation sites (tertiary alicyclic amines) is 1. The van der Waals surface area contributed by atoms with Crippen LogP contribution in [0.4, 0.5) is 0 Å². The molecule has 10 nitrogen and oxygen atoms in total. The minimum Gasteiger partial charge on any atom is -0.355 e. The van der Waals surface area contributed by atoms with E-state index in [0.717, 1.165) is 25.9 Å². The average molecular weight is 368 g/mol. The molecule has 0 atom stereocenters. The standard InChI is InChI=1S/C16H24N4O6/c21-12(5-7-18-13(22)11-19-9-1-2-10-19)17-8-6-16(25)26-20-14(23)3-4-15(20)24/h1-11H2,(H,17,21)(H,18,22). The molecule has 144 valence electrons. The highest BCUT2D eigenvalue weighted by Gasteiger charge is 2.32. The van der Waals surface area contributed by atoms with Gasteiger partial charge in [-0.2, -0.15) is 0 Å². The average Bonchev–Trinajstić information content (AvgIpc) is 3.20. The monoisotopic (exact) mass is 368 g/mol. The second kappa shape index (κ2) is 9.85. The van der Waals surface area contributed by atoms with Crippen LogP contribution in [0.15, 0.2) is 0 Å². The lowest BCUT2D eigenvalue weighted by atomic mass is 10.3. The van der Waals surface area contributed by atoms with Gasteiger partial charge in [-0.1, -0.05) is 0 Å². The van der Waals surface area contributed by atoms with E-state index in [1.54, 1.807) is 0 Å². The molecule has 2 aliphatic rings. The molecule has 0 saturated carbocycles. The summed E-state index contributed by atoms with van der Waals surface area (Å²) in [6.45, 7) is 2.45. The van der Waals surface area contributed by atoms with Crippen molar-refractivity contribution in [2.75, 3.05) is 32.7 Å². The lowest BCUT2D eigenvalue weighted by Gasteiger charge is -2.14. The molecule has 0 aromatic rings. The number of hydroxylamine groups is 2. The van der Waals surface area contributed by atoms with Gasteiger partial charge in [-0.15, -0.1) is 5.06 Å². The first-order chi connectivity index (χ1) is 12.5. The minimum atomic E-state index is -0.771. The van der Waals surface area contributed by atoms with Crippen LogP contribution in [0.3, 0.4) is 0 Å². The Balaban J connectivity index is 1.51. The van der Waals surface area contributed by atoms with E-state index >= 15 is 0 Å². The second-order valence-electron chi connectivity index (χ2n) is 6.23. The number of hydrogen-bond acceptors (Lipinski definition) is 7. The Morgan fingerprint density at radius 2 is 1.46 bits per heavy atom. The van der Waals surface area contributed by atoms with Gasteiger partial charge in [0.15, 0.2) is 0 Å². The number of nitrogens with one attached hydrogen (secondary N) is 2. The van der Waals surface area contributed by atoms with E-state index in [9.17, 15) is 24.0 Å². The highest BCUT2D eigenvalue weighted by Crippen LogP contribution is 2.12. The van der Waals surface area contributed by atoms with Crippen LogP contribution in [0.1, 0.15) is 38.5 Å². The van der Waals surface area contributed by atoms with Crippen molar-refractivity contribution < 1.29 is 28.8 Å². The molecule has 26 heavy (non-hydrogen) atoms. The Labute approximate surface area is 151 Å². The van der Waals surface area contributed by atoms with Crippen LogP contribution in [0.25, 0.3) is 0 Å². The van der Waals surface area contributed by atoms with Crippen molar-refractivity contribution >= 4 is 29.6 Å². The topological polar surface area (TPSA) is 125 Å².